The summed E-state index contributed by atoms with van der Waals surface area (Å²) in [6.07, 6.45) is 4.39. The van der Waals surface area contributed by atoms with Gasteiger partial charge in [0.15, 0.2) is 5.96 Å². The van der Waals surface area contributed by atoms with E-state index in [4.69, 9.17) is 4.99 Å². The lowest BCUT2D eigenvalue weighted by atomic mass is 10.1. The van der Waals surface area contributed by atoms with E-state index in [-0.39, 0.29) is 29.7 Å². The lowest BCUT2D eigenvalue weighted by Crippen LogP contribution is -2.49. The maximum absolute atomic E-state index is 11.3. The number of rotatable bonds is 11. The first-order chi connectivity index (χ1) is 13.1. The topological polar surface area (TPSA) is 77.0 Å². The lowest BCUT2D eigenvalue weighted by Gasteiger charge is -2.33. The summed E-state index contributed by atoms with van der Waals surface area (Å²) in [5.74, 6) is 1.15. The number of piperidine rings is 1. The van der Waals surface area contributed by atoms with E-state index in [0.717, 1.165) is 57.9 Å². The minimum atomic E-state index is -2.88. The molecule has 1 heterocycles. The quantitative estimate of drug-likeness (QED) is 0.180. The Balaban J connectivity index is 0.00000784. The monoisotopic (exact) mass is 545 g/mol. The van der Waals surface area contributed by atoms with Crippen molar-refractivity contribution < 1.29 is 8.42 Å². The molecule has 0 saturated carbocycles. The lowest BCUT2D eigenvalue weighted by molar-refractivity contribution is 0.174. The predicted molar refractivity (Wildman–Crippen MR) is 135 cm³/mol. The Hall–Kier alpha value is -0.130. The summed E-state index contributed by atoms with van der Waals surface area (Å²) in [6, 6.07) is 1.52. The standard InChI is InChI=1S/C20H43N5O2S.HI/c1-7-21-20(22-11-8-12-25(17(2)3)18(4)5)23-19-9-13-24(14-10-19)15-16-28(6,26)27;/h17-19H,7-16H2,1-6H3,(H2,21,22,23);1H. The van der Waals surface area contributed by atoms with Crippen LogP contribution in [0.25, 0.3) is 0 Å². The number of aliphatic imine (C=N–C) groups is 1. The fourth-order valence-corrected chi connectivity index (χ4v) is 4.26. The minimum absolute atomic E-state index is 0. The molecular formula is C20H44IN5O2S. The molecule has 0 aromatic heterocycles. The Bertz CT molecular complexity index is 553. The molecule has 174 valence electrons. The van der Waals surface area contributed by atoms with Gasteiger partial charge in [-0.05, 0) is 53.9 Å². The zero-order valence-corrected chi connectivity index (χ0v) is 22.4. The molecule has 1 aliphatic rings. The van der Waals surface area contributed by atoms with Crippen molar-refractivity contribution in [2.75, 3.05) is 51.3 Å². The van der Waals surface area contributed by atoms with Gasteiger partial charge in [0, 0.05) is 63.6 Å². The van der Waals surface area contributed by atoms with Crippen molar-refractivity contribution in [1.29, 1.82) is 0 Å². The Morgan fingerprint density at radius 1 is 1.17 bits per heavy atom. The number of likely N-dealkylation sites (tertiary alicyclic amines) is 1. The second-order valence-electron chi connectivity index (χ2n) is 8.43. The van der Waals surface area contributed by atoms with Gasteiger partial charge in [-0.25, -0.2) is 8.42 Å². The maximum atomic E-state index is 11.3. The highest BCUT2D eigenvalue weighted by Crippen LogP contribution is 2.10. The van der Waals surface area contributed by atoms with Crippen molar-refractivity contribution in [3.8, 4) is 0 Å². The smallest absolute Gasteiger partial charge is 0.191 e. The molecule has 0 unspecified atom stereocenters. The van der Waals surface area contributed by atoms with Gasteiger partial charge >= 0.3 is 0 Å². The molecule has 1 aliphatic heterocycles. The van der Waals surface area contributed by atoms with Crippen molar-refractivity contribution in [3.05, 3.63) is 0 Å². The SMILES string of the molecule is CCNC(=NCCCN(C(C)C)C(C)C)NC1CCN(CCS(C)(=O)=O)CC1.I. The normalized spacial score (nSPS) is 17.1. The van der Waals surface area contributed by atoms with Crippen LogP contribution in [0.1, 0.15) is 53.9 Å². The van der Waals surface area contributed by atoms with E-state index in [9.17, 15) is 8.42 Å². The summed E-state index contributed by atoms with van der Waals surface area (Å²) >= 11 is 0. The maximum Gasteiger partial charge on any atom is 0.191 e. The average molecular weight is 546 g/mol. The number of halogens is 1. The average Bonchev–Trinajstić information content (AvgIpc) is 2.59. The highest BCUT2D eigenvalue weighted by molar-refractivity contribution is 14.0. The van der Waals surface area contributed by atoms with Crippen LogP contribution in [0.15, 0.2) is 4.99 Å². The summed E-state index contributed by atoms with van der Waals surface area (Å²) in [4.78, 5) is 9.51. The molecule has 0 aromatic carbocycles. The molecule has 29 heavy (non-hydrogen) atoms. The fraction of sp³-hybridized carbons (Fsp3) is 0.950. The molecule has 1 saturated heterocycles. The van der Waals surface area contributed by atoms with Gasteiger partial charge in [0.05, 0.1) is 5.75 Å². The van der Waals surface area contributed by atoms with Crippen LogP contribution in [-0.2, 0) is 9.84 Å². The third-order valence-electron chi connectivity index (χ3n) is 5.22. The first-order valence-electron chi connectivity index (χ1n) is 10.8. The molecule has 2 N–H and O–H groups in total. The Morgan fingerprint density at radius 3 is 2.24 bits per heavy atom. The summed E-state index contributed by atoms with van der Waals surface area (Å²) in [5, 5.41) is 6.92. The van der Waals surface area contributed by atoms with Gasteiger partial charge in [0.2, 0.25) is 0 Å². The Labute approximate surface area is 196 Å². The largest absolute Gasteiger partial charge is 0.357 e. The van der Waals surface area contributed by atoms with Crippen LogP contribution in [-0.4, -0.2) is 93.6 Å². The van der Waals surface area contributed by atoms with Crippen LogP contribution >= 0.6 is 24.0 Å². The second-order valence-corrected chi connectivity index (χ2v) is 10.7. The molecule has 1 fully saturated rings. The molecule has 0 atom stereocenters. The Morgan fingerprint density at radius 2 is 1.76 bits per heavy atom. The number of guanidine groups is 1. The van der Waals surface area contributed by atoms with Gasteiger partial charge in [0.1, 0.15) is 9.84 Å². The number of nitrogens with one attached hydrogen (secondary N) is 2. The van der Waals surface area contributed by atoms with Crippen molar-refractivity contribution >= 4 is 39.8 Å². The van der Waals surface area contributed by atoms with E-state index in [1.165, 1.54) is 6.26 Å². The van der Waals surface area contributed by atoms with Gasteiger partial charge in [-0.2, -0.15) is 0 Å². The summed E-state index contributed by atoms with van der Waals surface area (Å²) in [6.45, 7) is 16.3. The number of nitrogens with zero attached hydrogens (tertiary/aromatic N) is 3. The highest BCUT2D eigenvalue weighted by Gasteiger charge is 2.20. The van der Waals surface area contributed by atoms with Crippen LogP contribution < -0.4 is 10.6 Å². The summed E-state index contributed by atoms with van der Waals surface area (Å²) in [7, 11) is -2.88. The predicted octanol–water partition coefficient (Wildman–Crippen LogP) is 2.18. The second kappa shape index (κ2) is 14.8. The minimum Gasteiger partial charge on any atom is -0.357 e. The molecule has 9 heteroatoms. The van der Waals surface area contributed by atoms with Gasteiger partial charge in [-0.1, -0.05) is 0 Å². The van der Waals surface area contributed by atoms with Gasteiger partial charge in [0.25, 0.3) is 0 Å². The third-order valence-corrected chi connectivity index (χ3v) is 6.15. The van der Waals surface area contributed by atoms with Crippen LogP contribution in [0.4, 0.5) is 0 Å². The summed E-state index contributed by atoms with van der Waals surface area (Å²) < 4.78 is 22.7. The van der Waals surface area contributed by atoms with Crippen molar-refractivity contribution in [1.82, 2.24) is 20.4 Å². The van der Waals surface area contributed by atoms with Crippen LogP contribution in [0.2, 0.25) is 0 Å². The number of hydrogen-bond donors (Lipinski definition) is 2. The highest BCUT2D eigenvalue weighted by atomic mass is 127. The number of hydrogen-bond acceptors (Lipinski definition) is 5. The molecule has 7 nitrogen and oxygen atoms in total. The van der Waals surface area contributed by atoms with Crippen molar-refractivity contribution in [2.45, 2.75) is 72.0 Å². The van der Waals surface area contributed by atoms with E-state index in [1.807, 2.05) is 0 Å². The van der Waals surface area contributed by atoms with Crippen LogP contribution in [0.5, 0.6) is 0 Å². The third kappa shape index (κ3) is 13.0. The molecule has 0 aliphatic carbocycles. The molecule has 1 rings (SSSR count). The van der Waals surface area contributed by atoms with E-state index < -0.39 is 9.84 Å². The first kappa shape index (κ1) is 28.9. The zero-order chi connectivity index (χ0) is 21.2. The molecule has 0 radical (unpaired) electrons. The molecular weight excluding hydrogens is 501 g/mol. The summed E-state index contributed by atoms with van der Waals surface area (Å²) in [5.41, 5.74) is 0. The molecule has 0 aromatic rings. The Kier molecular flexibility index (Phi) is 14.7. The van der Waals surface area contributed by atoms with E-state index in [0.29, 0.717) is 24.7 Å². The van der Waals surface area contributed by atoms with Crippen molar-refractivity contribution in [3.63, 3.8) is 0 Å². The zero-order valence-electron chi connectivity index (χ0n) is 19.3. The van der Waals surface area contributed by atoms with E-state index in [2.05, 4.69) is 55.1 Å². The van der Waals surface area contributed by atoms with Gasteiger partial charge in [-0.3, -0.25) is 9.89 Å². The van der Waals surface area contributed by atoms with Crippen molar-refractivity contribution in [2.24, 2.45) is 4.99 Å². The fourth-order valence-electron chi connectivity index (χ4n) is 3.67. The molecule has 0 spiro atoms. The molecule has 0 amide bonds. The van der Waals surface area contributed by atoms with Gasteiger partial charge < -0.3 is 15.5 Å². The van der Waals surface area contributed by atoms with E-state index >= 15 is 0 Å². The molecule has 0 bridgehead atoms. The number of sulfone groups is 1. The van der Waals surface area contributed by atoms with Crippen LogP contribution in [0, 0.1) is 0 Å². The first-order valence-corrected chi connectivity index (χ1v) is 12.9. The van der Waals surface area contributed by atoms with E-state index in [1.54, 1.807) is 0 Å². The van der Waals surface area contributed by atoms with Gasteiger partial charge in [-0.15, -0.1) is 24.0 Å². The van der Waals surface area contributed by atoms with Crippen LogP contribution in [0.3, 0.4) is 0 Å².